The van der Waals surface area contributed by atoms with Crippen molar-refractivity contribution in [3.05, 3.63) is 72.4 Å². The number of aromatic nitrogens is 7. The van der Waals surface area contributed by atoms with Crippen LogP contribution in [0.2, 0.25) is 0 Å². The molecule has 6 heterocycles. The van der Waals surface area contributed by atoms with Gasteiger partial charge < -0.3 is 15.0 Å². The van der Waals surface area contributed by atoms with E-state index < -0.39 is 0 Å². The zero-order chi connectivity index (χ0) is 29.2. The van der Waals surface area contributed by atoms with Gasteiger partial charge >= 0.3 is 0 Å². The van der Waals surface area contributed by atoms with Crippen molar-refractivity contribution in [1.29, 1.82) is 0 Å². The van der Waals surface area contributed by atoms with Gasteiger partial charge in [-0.05, 0) is 80.0 Å². The van der Waals surface area contributed by atoms with Gasteiger partial charge in [-0.2, -0.15) is 5.10 Å². The Bertz CT molecular complexity index is 1890. The van der Waals surface area contributed by atoms with E-state index in [1.165, 1.54) is 25.0 Å². The number of ether oxygens (including phenoxy) is 1. The lowest BCUT2D eigenvalue weighted by Gasteiger charge is -2.15. The Balaban J connectivity index is 1.20. The van der Waals surface area contributed by atoms with Crippen LogP contribution < -0.4 is 10.1 Å². The number of halogens is 1. The molecule has 6 aromatic rings. The number of pyridine rings is 3. The highest BCUT2D eigenvalue weighted by Gasteiger charge is 2.18. The highest BCUT2D eigenvalue weighted by atomic mass is 19.1. The second-order valence-corrected chi connectivity index (χ2v) is 10.7. The van der Waals surface area contributed by atoms with Crippen molar-refractivity contribution >= 4 is 22.2 Å². The van der Waals surface area contributed by atoms with Crippen molar-refractivity contribution < 1.29 is 9.13 Å². The van der Waals surface area contributed by atoms with Crippen LogP contribution in [0, 0.1) is 5.82 Å². The van der Waals surface area contributed by atoms with Crippen LogP contribution in [-0.2, 0) is 6.54 Å². The summed E-state index contributed by atoms with van der Waals surface area (Å²) in [5.74, 6) is 0.652. The summed E-state index contributed by atoms with van der Waals surface area (Å²) in [6.07, 6.45) is 7.79. The molecule has 1 aromatic carbocycles. The minimum atomic E-state index is -0.363. The van der Waals surface area contributed by atoms with E-state index in [9.17, 15) is 4.39 Å². The Labute approximate surface area is 247 Å². The van der Waals surface area contributed by atoms with E-state index in [-0.39, 0.29) is 5.82 Å². The average molecular weight is 578 g/mol. The van der Waals surface area contributed by atoms with Gasteiger partial charge in [0.05, 0.1) is 16.7 Å². The molecule has 1 aliphatic rings. The van der Waals surface area contributed by atoms with Crippen LogP contribution in [0.15, 0.2) is 61.1 Å². The summed E-state index contributed by atoms with van der Waals surface area (Å²) in [6, 6.07) is 12.6. The third-order valence-electron chi connectivity index (χ3n) is 7.75. The van der Waals surface area contributed by atoms with Crippen LogP contribution in [0.4, 0.5) is 4.39 Å². The van der Waals surface area contributed by atoms with Crippen LogP contribution in [-0.4, -0.2) is 72.8 Å². The Morgan fingerprint density at radius 1 is 1.02 bits per heavy atom. The molecule has 0 atom stereocenters. The molecule has 0 unspecified atom stereocenters. The van der Waals surface area contributed by atoms with E-state index in [1.807, 2.05) is 36.7 Å². The van der Waals surface area contributed by atoms with Gasteiger partial charge in [-0.3, -0.25) is 15.0 Å². The van der Waals surface area contributed by atoms with Crippen molar-refractivity contribution in [2.24, 2.45) is 0 Å². The molecule has 0 aliphatic carbocycles. The molecule has 0 bridgehead atoms. The summed E-state index contributed by atoms with van der Waals surface area (Å²) >= 11 is 0. The smallest absolute Gasteiger partial charge is 0.178 e. The first kappa shape index (κ1) is 27.1. The molecule has 218 valence electrons. The van der Waals surface area contributed by atoms with E-state index in [1.54, 1.807) is 6.20 Å². The number of H-pyrrole nitrogens is 2. The van der Waals surface area contributed by atoms with E-state index in [2.05, 4.69) is 48.4 Å². The fourth-order valence-electron chi connectivity index (χ4n) is 5.58. The quantitative estimate of drug-likeness (QED) is 0.199. The van der Waals surface area contributed by atoms with E-state index in [0.29, 0.717) is 46.1 Å². The monoisotopic (exact) mass is 577 g/mol. The van der Waals surface area contributed by atoms with Crippen molar-refractivity contribution in [2.45, 2.75) is 26.3 Å². The molecule has 3 N–H and O–H groups in total. The van der Waals surface area contributed by atoms with Crippen molar-refractivity contribution in [1.82, 2.24) is 45.3 Å². The second-order valence-electron chi connectivity index (χ2n) is 10.7. The summed E-state index contributed by atoms with van der Waals surface area (Å²) in [7, 11) is 0. The third-order valence-corrected chi connectivity index (χ3v) is 7.75. The first-order chi connectivity index (χ1) is 21.1. The number of rotatable bonds is 10. The van der Waals surface area contributed by atoms with Gasteiger partial charge in [0.2, 0.25) is 0 Å². The molecule has 0 amide bonds. The van der Waals surface area contributed by atoms with Crippen LogP contribution in [0.25, 0.3) is 56.1 Å². The molecule has 0 radical (unpaired) electrons. The number of hydrogen-bond donors (Lipinski definition) is 3. The number of likely N-dealkylation sites (tertiary alicyclic amines) is 1. The summed E-state index contributed by atoms with van der Waals surface area (Å²) in [5, 5.41) is 10.9. The van der Waals surface area contributed by atoms with E-state index in [0.717, 1.165) is 60.6 Å². The third kappa shape index (κ3) is 5.69. The van der Waals surface area contributed by atoms with E-state index in [4.69, 9.17) is 14.7 Å². The zero-order valence-electron chi connectivity index (χ0n) is 23.9. The molecule has 1 aliphatic heterocycles. The largest absolute Gasteiger partial charge is 0.492 e. The van der Waals surface area contributed by atoms with Gasteiger partial charge in [0, 0.05) is 48.9 Å². The maximum Gasteiger partial charge on any atom is 0.178 e. The zero-order valence-corrected chi connectivity index (χ0v) is 23.9. The fraction of sp³-hybridized carbons (Fsp3) is 0.281. The fourth-order valence-corrected chi connectivity index (χ4v) is 5.58. The van der Waals surface area contributed by atoms with Gasteiger partial charge in [-0.1, -0.05) is 6.92 Å². The first-order valence-electron chi connectivity index (χ1n) is 14.7. The summed E-state index contributed by atoms with van der Waals surface area (Å²) in [4.78, 5) is 24.3. The minimum absolute atomic E-state index is 0.363. The molecular formula is C32H32FN9O. The SMILES string of the molecule is CCNCc1cncc(-c2ccc3[nH]nc(-c4nc5nccc(-c6cc(F)cc(OCCN7CCCC7)c6)c5[nH]4)c3n2)c1. The minimum Gasteiger partial charge on any atom is -0.492 e. The number of hydrogen-bond acceptors (Lipinski definition) is 8. The number of fused-ring (bicyclic) bond motifs is 2. The number of nitrogens with one attached hydrogen (secondary N) is 3. The number of imidazole rings is 1. The topological polar surface area (TPSA) is 121 Å². The lowest BCUT2D eigenvalue weighted by molar-refractivity contribution is 0.237. The summed E-state index contributed by atoms with van der Waals surface area (Å²) in [5.41, 5.74) is 7.44. The maximum absolute atomic E-state index is 14.7. The molecule has 43 heavy (non-hydrogen) atoms. The van der Waals surface area contributed by atoms with Gasteiger partial charge in [0.1, 0.15) is 23.7 Å². The van der Waals surface area contributed by atoms with Crippen molar-refractivity contribution in [3.63, 3.8) is 0 Å². The number of benzene rings is 1. The Kier molecular flexibility index (Phi) is 7.48. The molecule has 10 nitrogen and oxygen atoms in total. The Morgan fingerprint density at radius 2 is 1.93 bits per heavy atom. The second kappa shape index (κ2) is 11.9. The molecule has 1 fully saturated rings. The number of aromatic amines is 2. The van der Waals surface area contributed by atoms with E-state index >= 15 is 0 Å². The first-order valence-corrected chi connectivity index (χ1v) is 14.7. The summed E-state index contributed by atoms with van der Waals surface area (Å²) < 4.78 is 20.7. The molecule has 7 rings (SSSR count). The Morgan fingerprint density at radius 3 is 2.81 bits per heavy atom. The highest BCUT2D eigenvalue weighted by molar-refractivity contribution is 5.95. The van der Waals surface area contributed by atoms with Gasteiger partial charge in [0.25, 0.3) is 0 Å². The lowest BCUT2D eigenvalue weighted by Crippen LogP contribution is -2.25. The van der Waals surface area contributed by atoms with Gasteiger partial charge in [-0.25, -0.2) is 19.3 Å². The molecule has 0 spiro atoms. The van der Waals surface area contributed by atoms with Crippen LogP contribution in [0.3, 0.4) is 0 Å². The van der Waals surface area contributed by atoms with Gasteiger partial charge in [0.15, 0.2) is 17.2 Å². The predicted octanol–water partition coefficient (Wildman–Crippen LogP) is 5.35. The molecule has 0 saturated carbocycles. The normalized spacial score (nSPS) is 13.8. The highest BCUT2D eigenvalue weighted by Crippen LogP contribution is 2.33. The lowest BCUT2D eigenvalue weighted by atomic mass is 10.1. The molecule has 5 aromatic heterocycles. The standard InChI is InChI=1S/C32H32FN9O/c1-2-34-17-20-13-22(19-35-18-20)26-5-6-27-29(37-26)30(41-40-27)32-38-28-25(7-8-36-31(28)39-32)21-14-23(33)16-24(15-21)43-12-11-42-9-3-4-10-42/h5-8,13-16,18-19,34H,2-4,9-12,17H2,1H3,(H,40,41)(H,36,38,39). The van der Waals surface area contributed by atoms with Crippen LogP contribution >= 0.6 is 0 Å². The number of nitrogens with zero attached hydrogens (tertiary/aromatic N) is 6. The predicted molar refractivity (Wildman–Crippen MR) is 164 cm³/mol. The van der Waals surface area contributed by atoms with Crippen molar-refractivity contribution in [3.8, 4) is 39.7 Å². The van der Waals surface area contributed by atoms with Crippen molar-refractivity contribution in [2.75, 3.05) is 32.8 Å². The maximum atomic E-state index is 14.7. The average Bonchev–Trinajstić information content (AvgIpc) is 3.79. The summed E-state index contributed by atoms with van der Waals surface area (Å²) in [6.45, 7) is 7.23. The molecule has 11 heteroatoms. The molecule has 1 saturated heterocycles. The van der Waals surface area contributed by atoms with Crippen LogP contribution in [0.5, 0.6) is 5.75 Å². The van der Waals surface area contributed by atoms with Gasteiger partial charge in [-0.15, -0.1) is 0 Å². The Hall–Kier alpha value is -4.74. The molecular weight excluding hydrogens is 545 g/mol. The van der Waals surface area contributed by atoms with Crippen LogP contribution in [0.1, 0.15) is 25.3 Å².